The molecule has 0 radical (unpaired) electrons. The number of alkyl halides is 3. The molecule has 0 saturated heterocycles. The number of nitrogens with two attached hydrogens (primary N) is 1. The number of benzene rings is 3. The van der Waals surface area contributed by atoms with Crippen LogP contribution in [0.1, 0.15) is 103 Å². The maximum absolute atomic E-state index is 14.3. The fraction of sp³-hybridized carbons (Fsp3) is 0.493. The van der Waals surface area contributed by atoms with Crippen LogP contribution in [0.25, 0.3) is 5.78 Å². The van der Waals surface area contributed by atoms with Crippen LogP contribution in [0.3, 0.4) is 0 Å². The van der Waals surface area contributed by atoms with E-state index in [9.17, 15) is 96.2 Å². The third kappa shape index (κ3) is 30.2. The van der Waals surface area contributed by atoms with Gasteiger partial charge in [0.15, 0.2) is 0 Å². The summed E-state index contributed by atoms with van der Waals surface area (Å²) in [4.78, 5) is 175. The number of carboxylic acids is 3. The van der Waals surface area contributed by atoms with E-state index in [0.717, 1.165) is 13.3 Å². The van der Waals surface area contributed by atoms with Crippen LogP contribution in [0.4, 0.5) is 24.5 Å². The van der Waals surface area contributed by atoms with Crippen molar-refractivity contribution in [1.29, 1.82) is 0 Å². The lowest BCUT2D eigenvalue weighted by molar-refractivity contribution is -0.192. The van der Waals surface area contributed by atoms with Crippen LogP contribution >= 0.6 is 0 Å². The molecule has 109 heavy (non-hydrogen) atoms. The SMILES string of the molecule is Cc1cc(NC(=O)c2nc3nc4c(c(=O)n3[nH]2)CCC4)c(C)cc1NC(=O)CCOCCOCCOCCOCCOCCC(=O)N[C@H](C(=O)N[C@@H](CC(N)=O)C(=O)N[C@@H](CCC(=O)O)C(=O)N[C@@H](Cc1ccc(O)cc1)C(=O)N[C@@H](Cc1ccc(O)cc1)C(=O)N[C@H](C(=O)O)C(C)C)[C@@H](C)O.O=C(O)C(F)(F)F. The fourth-order valence-corrected chi connectivity index (χ4v) is 10.4. The molecule has 40 heteroatoms. The second kappa shape index (κ2) is 43.6. The van der Waals surface area contributed by atoms with E-state index < -0.39 is 139 Å². The molecule has 0 spiro atoms. The van der Waals surface area contributed by atoms with Crippen LogP contribution < -0.4 is 53.8 Å². The van der Waals surface area contributed by atoms with Crippen LogP contribution in [0.5, 0.6) is 11.5 Å². The summed E-state index contributed by atoms with van der Waals surface area (Å²) in [5.41, 5.74) is 9.69. The number of anilines is 2. The standard InChI is InChI=1S/C67H89N13O22.C2HF3O2/c1-36(2)56(66(96)97)77-62(92)50(34-41-11-15-43(83)16-12-41)73-60(90)49(33-40-9-13-42(82)14-10-40)72-59(89)46(17-18-55(87)88)70-61(91)51(35-52(68)84)74-63(93)57(39(5)81)76-54(86)20-22-99-24-26-101-28-30-102-29-27-100-25-23-98-21-19-53(85)69-47-31-38(4)48(32-37(47)3)71-64(94)58-78-67-75-45-8-6-7-44(45)65(95)80(67)79-58;3-2(4,5)1(6)7/h9-16,31-32,36,39,46,49-51,56-57,81-83H,6-8,17-30,33-35H2,1-5H3,(H2,68,84)(H,69,85)(H,70,91)(H,71,94)(H,72,89)(H,73,90)(H,74,93)(H,76,86)(H,77,92)(H,87,88)(H,96,97)(H,75,78,79);(H,6,7)/t39-,46+,49+,50+,51+,56+,57+;/m1./s1. The average molecular weight is 1540 g/mol. The van der Waals surface area contributed by atoms with Crippen molar-refractivity contribution in [2.75, 3.05) is 76.7 Å². The van der Waals surface area contributed by atoms with E-state index in [1.165, 1.54) is 53.0 Å². The molecular weight excluding hydrogens is 1450 g/mol. The van der Waals surface area contributed by atoms with Crippen molar-refractivity contribution in [1.82, 2.24) is 51.5 Å². The number of halogens is 3. The molecule has 3 aromatic carbocycles. The number of carboxylic acid groups (broad SMARTS) is 3. The number of phenols is 2. The van der Waals surface area contributed by atoms with Gasteiger partial charge in [-0.2, -0.15) is 22.7 Å². The number of rotatable bonds is 44. The number of hydrogen-bond acceptors (Lipinski definition) is 23. The third-order valence-corrected chi connectivity index (χ3v) is 16.1. The first-order valence-electron chi connectivity index (χ1n) is 34.2. The number of aromatic amines is 1. The van der Waals surface area contributed by atoms with Gasteiger partial charge in [-0.3, -0.25) is 57.8 Å². The van der Waals surface area contributed by atoms with E-state index in [2.05, 4.69) is 57.6 Å². The highest BCUT2D eigenvalue weighted by Crippen LogP contribution is 2.26. The molecule has 2 aromatic heterocycles. The predicted molar refractivity (Wildman–Crippen MR) is 375 cm³/mol. The van der Waals surface area contributed by atoms with E-state index >= 15 is 0 Å². The molecule has 0 aliphatic heterocycles. The number of aliphatic hydroxyl groups is 1. The molecular formula is C69H90F3N13O24. The summed E-state index contributed by atoms with van der Waals surface area (Å²) in [5.74, 6) is -14.7. The van der Waals surface area contributed by atoms with Crippen molar-refractivity contribution in [3.63, 3.8) is 0 Å². The van der Waals surface area contributed by atoms with Gasteiger partial charge in [0.2, 0.25) is 53.1 Å². The number of ether oxygens (including phenoxy) is 5. The van der Waals surface area contributed by atoms with Crippen molar-refractivity contribution >= 4 is 88.2 Å². The van der Waals surface area contributed by atoms with Gasteiger partial charge >= 0.3 is 24.1 Å². The lowest BCUT2D eigenvalue weighted by Gasteiger charge is -2.28. The van der Waals surface area contributed by atoms with Crippen molar-refractivity contribution in [3.05, 3.63) is 110 Å². The van der Waals surface area contributed by atoms with Gasteiger partial charge in [0.25, 0.3) is 17.2 Å². The minimum Gasteiger partial charge on any atom is -0.508 e. The number of hydrogen-bond donors (Lipinski definition) is 16. The van der Waals surface area contributed by atoms with Crippen LogP contribution in [0.15, 0.2) is 65.5 Å². The zero-order valence-electron chi connectivity index (χ0n) is 60.1. The molecule has 9 amide bonds. The summed E-state index contributed by atoms with van der Waals surface area (Å²) in [7, 11) is 0. The number of H-pyrrole nitrogens is 1. The summed E-state index contributed by atoms with van der Waals surface area (Å²) >= 11 is 0. The number of nitrogens with zero attached hydrogens (tertiary/aromatic N) is 3. The minimum atomic E-state index is -5.08. The topological polar surface area (TPSA) is 558 Å². The second-order valence-electron chi connectivity index (χ2n) is 25.2. The molecule has 5 aromatic rings. The fourth-order valence-electron chi connectivity index (χ4n) is 10.4. The Morgan fingerprint density at radius 3 is 1.47 bits per heavy atom. The van der Waals surface area contributed by atoms with Crippen LogP contribution in [0, 0.1) is 19.8 Å². The molecule has 0 unspecified atom stereocenters. The largest absolute Gasteiger partial charge is 0.508 e. The second-order valence-corrected chi connectivity index (χ2v) is 25.2. The zero-order valence-corrected chi connectivity index (χ0v) is 60.1. The van der Waals surface area contributed by atoms with E-state index in [0.29, 0.717) is 57.7 Å². The Kier molecular flexibility index (Phi) is 35.3. The molecule has 2 heterocycles. The smallest absolute Gasteiger partial charge is 0.490 e. The Balaban J connectivity index is 0.00000289. The van der Waals surface area contributed by atoms with Crippen molar-refractivity contribution in [3.8, 4) is 11.5 Å². The molecule has 37 nitrogen and oxygen atoms in total. The third-order valence-electron chi connectivity index (χ3n) is 16.1. The Labute approximate surface area is 620 Å². The molecule has 6 rings (SSSR count). The summed E-state index contributed by atoms with van der Waals surface area (Å²) < 4.78 is 60.5. The van der Waals surface area contributed by atoms with Gasteiger partial charge in [-0.15, -0.1) is 0 Å². The summed E-state index contributed by atoms with van der Waals surface area (Å²) in [6.45, 7) is 9.37. The normalized spacial score (nSPS) is 13.7. The molecule has 7 atom stereocenters. The van der Waals surface area contributed by atoms with E-state index in [1.54, 1.807) is 39.8 Å². The molecule has 17 N–H and O–H groups in total. The van der Waals surface area contributed by atoms with Crippen molar-refractivity contribution in [2.45, 2.75) is 147 Å². The number of aromatic nitrogens is 4. The van der Waals surface area contributed by atoms with Crippen molar-refractivity contribution < 1.29 is 125 Å². The Bertz CT molecular complexity index is 4040. The number of aliphatic carboxylic acids is 3. The first-order valence-corrected chi connectivity index (χ1v) is 34.2. The van der Waals surface area contributed by atoms with E-state index in [1.807, 2.05) is 0 Å². The highest BCUT2D eigenvalue weighted by atomic mass is 19.4. The summed E-state index contributed by atoms with van der Waals surface area (Å²) in [6.07, 6.45) is -7.65. The van der Waals surface area contributed by atoms with Crippen LogP contribution in [-0.2, 0) is 102 Å². The lowest BCUT2D eigenvalue weighted by Crippen LogP contribution is -2.61. The highest BCUT2D eigenvalue weighted by Gasteiger charge is 2.39. The quantitative estimate of drug-likeness (QED) is 0.0226. The Morgan fingerprint density at radius 1 is 0.569 bits per heavy atom. The number of aromatic hydroxyl groups is 2. The van der Waals surface area contributed by atoms with Gasteiger partial charge in [-0.1, -0.05) is 38.1 Å². The summed E-state index contributed by atoms with van der Waals surface area (Å²) in [6, 6.07) is 4.40. The lowest BCUT2D eigenvalue weighted by atomic mass is 10.00. The molecule has 596 valence electrons. The average Bonchev–Trinajstić information content (AvgIpc) is 1.63. The predicted octanol–water partition coefficient (Wildman–Crippen LogP) is -0.123. The summed E-state index contributed by atoms with van der Waals surface area (Å²) in [5, 5.41) is 79.7. The van der Waals surface area contributed by atoms with E-state index in [4.69, 9.17) is 39.3 Å². The molecule has 0 saturated carbocycles. The molecule has 0 fully saturated rings. The number of primary amides is 1. The number of carbonyl (C=O) groups is 12. The van der Waals surface area contributed by atoms with Gasteiger partial charge < -0.3 is 103 Å². The minimum absolute atomic E-state index is 0.0569. The van der Waals surface area contributed by atoms with Gasteiger partial charge in [0, 0.05) is 42.6 Å². The highest BCUT2D eigenvalue weighted by molar-refractivity contribution is 6.03. The molecule has 1 aliphatic rings. The number of aliphatic hydroxyl groups excluding tert-OH is 1. The molecule has 0 bridgehead atoms. The maximum atomic E-state index is 14.3. The number of phenolic OH excluding ortho intramolecular Hbond substituents is 2. The van der Waals surface area contributed by atoms with Gasteiger partial charge in [-0.25, -0.2) is 14.6 Å². The van der Waals surface area contributed by atoms with Gasteiger partial charge in [0.05, 0.1) is 90.7 Å². The monoisotopic (exact) mass is 1540 g/mol. The van der Waals surface area contributed by atoms with Gasteiger partial charge in [0.1, 0.15) is 47.8 Å². The maximum Gasteiger partial charge on any atom is 0.490 e. The van der Waals surface area contributed by atoms with Crippen LogP contribution in [0.2, 0.25) is 0 Å². The van der Waals surface area contributed by atoms with Crippen LogP contribution in [-0.4, -0.2) is 236 Å². The first kappa shape index (κ1) is 88.4. The van der Waals surface area contributed by atoms with E-state index in [-0.39, 0.29) is 126 Å². The Hall–Kier alpha value is -11.2. The number of carbonyl (C=O) groups excluding carboxylic acids is 9. The number of amides is 9. The zero-order chi connectivity index (χ0) is 80.7. The van der Waals surface area contributed by atoms with Gasteiger partial charge in [-0.05, 0) is 111 Å². The number of fused-ring (bicyclic) bond motifs is 2. The van der Waals surface area contributed by atoms with Crippen molar-refractivity contribution in [2.24, 2.45) is 11.7 Å². The number of nitrogens with one attached hydrogen (secondary N) is 9. The Morgan fingerprint density at radius 2 is 1.01 bits per heavy atom. The number of aryl methyl sites for hydroxylation is 3. The first-order chi connectivity index (χ1) is 51.5. The molecule has 1 aliphatic carbocycles.